The number of nitrogens with one attached hydrogen (secondary N) is 2. The number of anilines is 1. The Kier molecular flexibility index (Phi) is 16.6. The molecule has 2 rings (SSSR count). The standard InChI is InChI=1S/C13H19NO.C9H20O.C6H6N2/c1-13(2,3)11-7-10(5-4-6-15)8-12(14)9-11;1-3-4-5-6-7-8-9-10-2;7-5-3-1-2-4-6(5)8/h6-9H,4-5,14H2,1-3H3;3-9H2,1-2H3;1-4,7-8H. The van der Waals surface area contributed by atoms with Crippen LogP contribution >= 0.6 is 0 Å². The van der Waals surface area contributed by atoms with Crippen molar-refractivity contribution >= 4 is 23.4 Å². The number of hydrogen-bond donors (Lipinski definition) is 3. The van der Waals surface area contributed by atoms with Crippen LogP contribution in [0.4, 0.5) is 5.69 Å². The lowest BCUT2D eigenvalue weighted by atomic mass is 9.85. The molecule has 1 aliphatic rings. The van der Waals surface area contributed by atoms with Crippen LogP contribution in [0.25, 0.3) is 0 Å². The fourth-order valence-electron chi connectivity index (χ4n) is 3.03. The van der Waals surface area contributed by atoms with Gasteiger partial charge in [-0.1, -0.05) is 78.0 Å². The maximum Gasteiger partial charge on any atom is 0.120 e. The Morgan fingerprint density at radius 3 is 2.00 bits per heavy atom. The smallest absolute Gasteiger partial charge is 0.120 e. The van der Waals surface area contributed by atoms with Gasteiger partial charge >= 0.3 is 0 Å². The van der Waals surface area contributed by atoms with E-state index in [-0.39, 0.29) is 16.8 Å². The summed E-state index contributed by atoms with van der Waals surface area (Å²) in [6.45, 7) is 9.66. The fraction of sp³-hybridized carbons (Fsp3) is 0.536. The number of carbonyl (C=O) groups excluding carboxylic acids is 1. The van der Waals surface area contributed by atoms with Gasteiger partial charge in [0.05, 0.1) is 11.4 Å². The van der Waals surface area contributed by atoms with Crippen LogP contribution in [0.2, 0.25) is 0 Å². The highest BCUT2D eigenvalue weighted by atomic mass is 16.5. The molecule has 0 heterocycles. The number of carbonyl (C=O) groups is 1. The van der Waals surface area contributed by atoms with Gasteiger partial charge in [0.25, 0.3) is 0 Å². The number of rotatable bonds is 10. The molecule has 4 N–H and O–H groups in total. The number of hydrogen-bond acceptors (Lipinski definition) is 5. The van der Waals surface area contributed by atoms with Crippen molar-refractivity contribution in [2.24, 2.45) is 0 Å². The summed E-state index contributed by atoms with van der Waals surface area (Å²) in [6.07, 6.45) is 17.1. The molecule has 5 nitrogen and oxygen atoms in total. The number of aldehydes is 1. The van der Waals surface area contributed by atoms with Crippen molar-refractivity contribution < 1.29 is 9.53 Å². The molecular weight excluding hydrogens is 410 g/mol. The van der Waals surface area contributed by atoms with E-state index in [0.717, 1.165) is 30.6 Å². The van der Waals surface area contributed by atoms with Gasteiger partial charge in [0, 0.05) is 25.8 Å². The zero-order valence-corrected chi connectivity index (χ0v) is 21.4. The highest BCUT2D eigenvalue weighted by molar-refractivity contribution is 6.48. The minimum absolute atomic E-state index is 0.102. The van der Waals surface area contributed by atoms with Crippen molar-refractivity contribution in [2.75, 3.05) is 19.5 Å². The van der Waals surface area contributed by atoms with E-state index >= 15 is 0 Å². The lowest BCUT2D eigenvalue weighted by Crippen LogP contribution is -2.12. The summed E-state index contributed by atoms with van der Waals surface area (Å²) < 4.78 is 4.95. The normalized spacial score (nSPS) is 12.5. The third-order valence-corrected chi connectivity index (χ3v) is 5.06. The molecule has 0 amide bonds. The van der Waals surface area contributed by atoms with Crippen molar-refractivity contribution in [1.29, 1.82) is 10.8 Å². The number of ether oxygens (including phenoxy) is 1. The molecular formula is C28H45N3O2. The Labute approximate surface area is 201 Å². The third kappa shape index (κ3) is 15.8. The Bertz CT molecular complexity index is 744. The first-order valence-corrected chi connectivity index (χ1v) is 12.0. The Morgan fingerprint density at radius 2 is 1.52 bits per heavy atom. The lowest BCUT2D eigenvalue weighted by Gasteiger charge is -2.20. The van der Waals surface area contributed by atoms with Crippen LogP contribution in [-0.2, 0) is 21.4 Å². The van der Waals surface area contributed by atoms with E-state index in [1.54, 1.807) is 31.4 Å². The second-order valence-electron chi connectivity index (χ2n) is 9.22. The van der Waals surface area contributed by atoms with Crippen molar-refractivity contribution in [3.05, 3.63) is 53.6 Å². The molecule has 184 valence electrons. The molecule has 0 radical (unpaired) electrons. The van der Waals surface area contributed by atoms with E-state index in [0.29, 0.717) is 6.42 Å². The van der Waals surface area contributed by atoms with Gasteiger partial charge in [0.2, 0.25) is 0 Å². The maximum absolute atomic E-state index is 10.3. The summed E-state index contributed by atoms with van der Waals surface area (Å²) >= 11 is 0. The van der Waals surface area contributed by atoms with E-state index in [1.165, 1.54) is 44.1 Å². The number of nitrogen functional groups attached to an aromatic ring is 1. The predicted molar refractivity (Wildman–Crippen MR) is 143 cm³/mol. The zero-order chi connectivity index (χ0) is 25.1. The monoisotopic (exact) mass is 455 g/mol. The van der Waals surface area contributed by atoms with Crippen LogP contribution in [-0.4, -0.2) is 31.4 Å². The van der Waals surface area contributed by atoms with E-state index in [9.17, 15) is 4.79 Å². The third-order valence-electron chi connectivity index (χ3n) is 5.06. The van der Waals surface area contributed by atoms with Crippen LogP contribution in [0.15, 0.2) is 42.5 Å². The molecule has 1 aromatic rings. The van der Waals surface area contributed by atoms with E-state index in [4.69, 9.17) is 21.3 Å². The number of unbranched alkanes of at least 4 members (excludes halogenated alkanes) is 5. The van der Waals surface area contributed by atoms with Crippen LogP contribution in [0.1, 0.15) is 83.8 Å². The quantitative estimate of drug-likeness (QED) is 0.156. The van der Waals surface area contributed by atoms with Crippen molar-refractivity contribution in [3.63, 3.8) is 0 Å². The topological polar surface area (TPSA) is 100 Å². The first-order chi connectivity index (χ1) is 15.6. The number of aryl methyl sites for hydroxylation is 1. The van der Waals surface area contributed by atoms with Gasteiger partial charge in [-0.2, -0.15) is 0 Å². The summed E-state index contributed by atoms with van der Waals surface area (Å²) in [5.74, 6) is 0. The summed E-state index contributed by atoms with van der Waals surface area (Å²) in [5.41, 5.74) is 9.66. The molecule has 0 atom stereocenters. The van der Waals surface area contributed by atoms with Gasteiger partial charge in [-0.25, -0.2) is 0 Å². The number of methoxy groups -OCH3 is 1. The van der Waals surface area contributed by atoms with Crippen LogP contribution in [0.5, 0.6) is 0 Å². The molecule has 0 saturated carbocycles. The minimum atomic E-state index is 0.102. The summed E-state index contributed by atoms with van der Waals surface area (Å²) in [4.78, 5) is 10.3. The predicted octanol–water partition coefficient (Wildman–Crippen LogP) is 6.84. The van der Waals surface area contributed by atoms with Crippen LogP contribution < -0.4 is 5.73 Å². The highest BCUT2D eigenvalue weighted by Gasteiger charge is 2.14. The van der Waals surface area contributed by atoms with E-state index in [1.807, 2.05) is 12.1 Å². The van der Waals surface area contributed by atoms with Gasteiger partial charge in [-0.3, -0.25) is 10.8 Å². The maximum atomic E-state index is 10.3. The number of nitrogens with two attached hydrogens (primary N) is 1. The average molecular weight is 456 g/mol. The Balaban J connectivity index is 0.000000494. The second kappa shape index (κ2) is 18.0. The molecule has 0 spiro atoms. The largest absolute Gasteiger partial charge is 0.399 e. The zero-order valence-electron chi connectivity index (χ0n) is 21.4. The summed E-state index contributed by atoms with van der Waals surface area (Å²) in [6, 6.07) is 6.09. The Hall–Kier alpha value is -2.53. The van der Waals surface area contributed by atoms with Gasteiger partial charge < -0.3 is 15.3 Å². The molecule has 0 fully saturated rings. The molecule has 1 aliphatic carbocycles. The second-order valence-corrected chi connectivity index (χ2v) is 9.22. The number of allylic oxidation sites excluding steroid dienone is 4. The first kappa shape index (κ1) is 30.5. The van der Waals surface area contributed by atoms with Gasteiger partial charge in [0.15, 0.2) is 0 Å². The summed E-state index contributed by atoms with van der Waals surface area (Å²) in [7, 11) is 1.77. The molecule has 1 aromatic carbocycles. The summed E-state index contributed by atoms with van der Waals surface area (Å²) in [5, 5.41) is 14.1. The molecule has 0 unspecified atom stereocenters. The number of benzene rings is 1. The van der Waals surface area contributed by atoms with Gasteiger partial charge in [-0.15, -0.1) is 0 Å². The lowest BCUT2D eigenvalue weighted by molar-refractivity contribution is -0.107. The minimum Gasteiger partial charge on any atom is -0.399 e. The SMILES string of the molecule is CC(C)(C)c1cc(N)cc(CCC=O)c1.CCCCCCCCOC.N=C1C=CC=CC1=N. The van der Waals surface area contributed by atoms with Crippen molar-refractivity contribution in [3.8, 4) is 0 Å². The Morgan fingerprint density at radius 1 is 0.939 bits per heavy atom. The van der Waals surface area contributed by atoms with Crippen LogP contribution in [0.3, 0.4) is 0 Å². The van der Waals surface area contributed by atoms with E-state index < -0.39 is 0 Å². The van der Waals surface area contributed by atoms with Crippen molar-refractivity contribution in [1.82, 2.24) is 0 Å². The van der Waals surface area contributed by atoms with Crippen molar-refractivity contribution in [2.45, 2.75) is 84.5 Å². The first-order valence-electron chi connectivity index (χ1n) is 12.0. The molecule has 0 saturated heterocycles. The van der Waals surface area contributed by atoms with Crippen LogP contribution in [0, 0.1) is 10.8 Å². The molecule has 0 aromatic heterocycles. The highest BCUT2D eigenvalue weighted by Crippen LogP contribution is 2.25. The molecule has 0 aliphatic heterocycles. The molecule has 0 bridgehead atoms. The average Bonchev–Trinajstić information content (AvgIpc) is 2.77. The van der Waals surface area contributed by atoms with E-state index in [2.05, 4.69) is 33.8 Å². The molecule has 33 heavy (non-hydrogen) atoms. The van der Waals surface area contributed by atoms with Gasteiger partial charge in [0.1, 0.15) is 6.29 Å². The molecule has 5 heteroatoms. The van der Waals surface area contributed by atoms with Gasteiger partial charge in [-0.05, 0) is 53.7 Å². The fourth-order valence-corrected chi connectivity index (χ4v) is 3.03.